The summed E-state index contributed by atoms with van der Waals surface area (Å²) >= 11 is 3.18. The third kappa shape index (κ3) is 3.58. The predicted octanol–water partition coefficient (Wildman–Crippen LogP) is 2.10. The van der Waals surface area contributed by atoms with Gasteiger partial charge in [-0.25, -0.2) is 13.9 Å². The molecule has 1 aromatic carbocycles. The first-order valence-electron chi connectivity index (χ1n) is 7.96. The molecule has 0 fully saturated rings. The van der Waals surface area contributed by atoms with E-state index in [-0.39, 0.29) is 11.6 Å². The highest BCUT2D eigenvalue weighted by Crippen LogP contribution is 2.17. The summed E-state index contributed by atoms with van der Waals surface area (Å²) in [5, 5.41) is 7.12. The largest absolute Gasteiger partial charge is 0.352 e. The number of hydrogen-bond donors (Lipinski definition) is 1. The Morgan fingerprint density at radius 3 is 2.96 bits per heavy atom. The number of amides is 1. The lowest BCUT2D eigenvalue weighted by Gasteiger charge is -2.09. The van der Waals surface area contributed by atoms with Crippen LogP contribution in [0, 0.1) is 5.82 Å². The fourth-order valence-corrected chi connectivity index (χ4v) is 3.32. The molecule has 0 saturated carbocycles. The second kappa shape index (κ2) is 7.29. The highest BCUT2D eigenvalue weighted by atomic mass is 79.9. The van der Waals surface area contributed by atoms with Crippen molar-refractivity contribution in [3.63, 3.8) is 0 Å². The second-order valence-electron chi connectivity index (χ2n) is 5.76. The van der Waals surface area contributed by atoms with Gasteiger partial charge in [-0.3, -0.25) is 9.36 Å². The van der Waals surface area contributed by atoms with E-state index < -0.39 is 5.82 Å². The van der Waals surface area contributed by atoms with Crippen LogP contribution in [0.2, 0.25) is 0 Å². The summed E-state index contributed by atoms with van der Waals surface area (Å²) < 4.78 is 16.7. The second-order valence-corrected chi connectivity index (χ2v) is 6.62. The molecule has 0 radical (unpaired) electrons. The summed E-state index contributed by atoms with van der Waals surface area (Å²) in [6.45, 7) is 1.62. The van der Waals surface area contributed by atoms with E-state index in [1.54, 1.807) is 4.57 Å². The first-order valence-corrected chi connectivity index (χ1v) is 8.75. The number of nitrogens with zero attached hydrogens (tertiary/aromatic N) is 3. The van der Waals surface area contributed by atoms with Gasteiger partial charge in [0.2, 0.25) is 0 Å². The number of halogens is 2. The van der Waals surface area contributed by atoms with Crippen LogP contribution in [-0.4, -0.2) is 26.8 Å². The molecule has 2 heterocycles. The summed E-state index contributed by atoms with van der Waals surface area (Å²) in [5.74, 6) is 0.172. The maximum Gasteiger partial charge on any atom is 0.345 e. The first kappa shape index (κ1) is 16.9. The Balaban J connectivity index is 1.53. The molecule has 1 aliphatic heterocycles. The van der Waals surface area contributed by atoms with E-state index in [1.165, 1.54) is 22.9 Å². The third-order valence-electron chi connectivity index (χ3n) is 4.04. The molecular formula is C16H18BrFN4O2. The van der Waals surface area contributed by atoms with Crippen molar-refractivity contribution < 1.29 is 9.18 Å². The zero-order chi connectivity index (χ0) is 17.1. The van der Waals surface area contributed by atoms with E-state index in [0.717, 1.165) is 31.6 Å². The molecular weight excluding hydrogens is 379 g/mol. The van der Waals surface area contributed by atoms with Crippen LogP contribution in [0.5, 0.6) is 0 Å². The average Bonchev–Trinajstić information content (AvgIpc) is 2.88. The Labute approximate surface area is 146 Å². The zero-order valence-electron chi connectivity index (χ0n) is 13.1. The van der Waals surface area contributed by atoms with Crippen molar-refractivity contribution >= 4 is 21.8 Å². The summed E-state index contributed by atoms with van der Waals surface area (Å²) in [5.41, 5.74) is 0.309. The van der Waals surface area contributed by atoms with Crippen LogP contribution in [0.25, 0.3) is 0 Å². The van der Waals surface area contributed by atoms with Crippen LogP contribution in [0.15, 0.2) is 27.5 Å². The number of fused-ring (bicyclic) bond motifs is 1. The van der Waals surface area contributed by atoms with E-state index in [2.05, 4.69) is 26.3 Å². The maximum absolute atomic E-state index is 13.0. The van der Waals surface area contributed by atoms with Gasteiger partial charge in [-0.05, 0) is 53.4 Å². The van der Waals surface area contributed by atoms with Crippen LogP contribution in [0.4, 0.5) is 4.39 Å². The highest BCUT2D eigenvalue weighted by molar-refractivity contribution is 9.10. The molecule has 1 N–H and O–H groups in total. The van der Waals surface area contributed by atoms with Crippen LogP contribution in [0.3, 0.4) is 0 Å². The fourth-order valence-electron chi connectivity index (χ4n) is 2.79. The smallest absolute Gasteiger partial charge is 0.345 e. The normalized spacial score (nSPS) is 13.6. The molecule has 24 heavy (non-hydrogen) atoms. The van der Waals surface area contributed by atoms with Crippen molar-refractivity contribution in [1.29, 1.82) is 0 Å². The van der Waals surface area contributed by atoms with Gasteiger partial charge in [0.1, 0.15) is 11.6 Å². The summed E-state index contributed by atoms with van der Waals surface area (Å²) in [4.78, 5) is 24.2. The van der Waals surface area contributed by atoms with Crippen molar-refractivity contribution in [3.05, 3.63) is 50.4 Å². The molecule has 0 atom stereocenters. The minimum Gasteiger partial charge on any atom is -0.352 e. The number of carbonyl (C=O) groups is 1. The van der Waals surface area contributed by atoms with Gasteiger partial charge in [0, 0.05) is 30.5 Å². The SMILES string of the molecule is O=C(NCCCn1nc2n(c1=O)CCCC2)c1ccc(F)cc1Br. The Morgan fingerprint density at radius 2 is 2.21 bits per heavy atom. The molecule has 0 aliphatic carbocycles. The van der Waals surface area contributed by atoms with E-state index in [1.807, 2.05) is 0 Å². The van der Waals surface area contributed by atoms with Crippen molar-refractivity contribution in [3.8, 4) is 0 Å². The molecule has 3 rings (SSSR count). The lowest BCUT2D eigenvalue weighted by Crippen LogP contribution is -2.29. The lowest BCUT2D eigenvalue weighted by molar-refractivity contribution is 0.0951. The summed E-state index contributed by atoms with van der Waals surface area (Å²) in [6.07, 6.45) is 3.53. The fraction of sp³-hybridized carbons (Fsp3) is 0.438. The Hall–Kier alpha value is -1.96. The van der Waals surface area contributed by atoms with Crippen LogP contribution >= 0.6 is 15.9 Å². The Morgan fingerprint density at radius 1 is 1.38 bits per heavy atom. The van der Waals surface area contributed by atoms with Gasteiger partial charge in [-0.2, -0.15) is 5.10 Å². The zero-order valence-corrected chi connectivity index (χ0v) is 14.7. The molecule has 1 amide bonds. The minimum atomic E-state index is -0.401. The highest BCUT2D eigenvalue weighted by Gasteiger charge is 2.16. The van der Waals surface area contributed by atoms with Gasteiger partial charge < -0.3 is 5.32 Å². The van der Waals surface area contributed by atoms with E-state index in [9.17, 15) is 14.0 Å². The lowest BCUT2D eigenvalue weighted by atomic mass is 10.2. The number of aromatic nitrogens is 3. The molecule has 6 nitrogen and oxygen atoms in total. The van der Waals surface area contributed by atoms with Gasteiger partial charge in [0.15, 0.2) is 0 Å². The van der Waals surface area contributed by atoms with Gasteiger partial charge in [-0.15, -0.1) is 0 Å². The number of rotatable bonds is 5. The van der Waals surface area contributed by atoms with Crippen molar-refractivity contribution in [1.82, 2.24) is 19.7 Å². The average molecular weight is 397 g/mol. The molecule has 0 saturated heterocycles. The molecule has 2 aromatic rings. The van der Waals surface area contributed by atoms with Crippen LogP contribution in [0.1, 0.15) is 35.4 Å². The number of hydrogen-bond acceptors (Lipinski definition) is 3. The predicted molar refractivity (Wildman–Crippen MR) is 90.5 cm³/mol. The standard InChI is InChI=1S/C16H18BrFN4O2/c17-13-10-11(18)5-6-12(13)15(23)19-7-3-9-22-16(24)21-8-2-1-4-14(21)20-22/h5-6,10H,1-4,7-9H2,(H,19,23). The van der Waals surface area contributed by atoms with Gasteiger partial charge in [0.05, 0.1) is 5.56 Å². The molecule has 8 heteroatoms. The Bertz CT molecular complexity index is 815. The van der Waals surface area contributed by atoms with Crippen LogP contribution in [-0.2, 0) is 19.5 Å². The van der Waals surface area contributed by atoms with Crippen molar-refractivity contribution in [2.75, 3.05) is 6.54 Å². The molecule has 0 spiro atoms. The third-order valence-corrected chi connectivity index (χ3v) is 4.70. The van der Waals surface area contributed by atoms with Gasteiger partial charge in [0.25, 0.3) is 5.91 Å². The molecule has 0 unspecified atom stereocenters. The van der Waals surface area contributed by atoms with E-state index >= 15 is 0 Å². The van der Waals surface area contributed by atoms with Gasteiger partial charge >= 0.3 is 5.69 Å². The maximum atomic E-state index is 13.0. The van der Waals surface area contributed by atoms with Gasteiger partial charge in [-0.1, -0.05) is 0 Å². The van der Waals surface area contributed by atoms with Crippen molar-refractivity contribution in [2.45, 2.75) is 38.8 Å². The summed E-state index contributed by atoms with van der Waals surface area (Å²) in [6, 6.07) is 3.93. The molecule has 0 bridgehead atoms. The van der Waals surface area contributed by atoms with Crippen LogP contribution < -0.4 is 11.0 Å². The quantitative estimate of drug-likeness (QED) is 0.786. The monoisotopic (exact) mass is 396 g/mol. The first-order chi connectivity index (χ1) is 11.6. The van der Waals surface area contributed by atoms with Crippen molar-refractivity contribution in [2.24, 2.45) is 0 Å². The molecule has 1 aromatic heterocycles. The number of benzene rings is 1. The number of aryl methyl sites for hydroxylation is 2. The number of nitrogens with one attached hydrogen (secondary N) is 1. The van der Waals surface area contributed by atoms with E-state index in [4.69, 9.17) is 0 Å². The van der Waals surface area contributed by atoms with E-state index in [0.29, 0.717) is 29.5 Å². The molecule has 128 valence electrons. The minimum absolute atomic E-state index is 0.0719. The topological polar surface area (TPSA) is 68.9 Å². The number of carbonyl (C=O) groups excluding carboxylic acids is 1. The Kier molecular flexibility index (Phi) is 5.13. The summed E-state index contributed by atoms with van der Waals surface area (Å²) in [7, 11) is 0. The molecule has 1 aliphatic rings.